The zero-order valence-corrected chi connectivity index (χ0v) is 12.0. The number of ether oxygens (including phenoxy) is 1. The molecule has 0 radical (unpaired) electrons. The largest absolute Gasteiger partial charge is 0.502 e. The molecule has 0 aromatic rings. The van der Waals surface area contributed by atoms with E-state index in [1.807, 2.05) is 0 Å². The average Bonchev–Trinajstić information content (AvgIpc) is 2.35. The van der Waals surface area contributed by atoms with Crippen molar-refractivity contribution in [2.45, 2.75) is 78.1 Å². The highest BCUT2D eigenvalue weighted by molar-refractivity contribution is 4.62. The first-order chi connectivity index (χ1) is 8.35. The van der Waals surface area contributed by atoms with E-state index in [0.29, 0.717) is 0 Å². The molecule has 17 heavy (non-hydrogen) atoms. The SMILES string of the molecule is C=COCC(CCCCC)CCCCCCC. The second kappa shape index (κ2) is 13.6. The molecule has 1 nitrogen and oxygen atoms in total. The quantitative estimate of drug-likeness (QED) is 0.296. The molecule has 0 bridgehead atoms. The van der Waals surface area contributed by atoms with Crippen LogP contribution >= 0.6 is 0 Å². The summed E-state index contributed by atoms with van der Waals surface area (Å²) in [7, 11) is 0. The molecule has 0 aliphatic carbocycles. The lowest BCUT2D eigenvalue weighted by Crippen LogP contribution is -2.08. The zero-order valence-electron chi connectivity index (χ0n) is 12.0. The van der Waals surface area contributed by atoms with Gasteiger partial charge in [0.25, 0.3) is 0 Å². The highest BCUT2D eigenvalue weighted by Crippen LogP contribution is 2.18. The molecular formula is C16H32O. The number of rotatable bonds is 13. The van der Waals surface area contributed by atoms with Crippen LogP contribution in [0.25, 0.3) is 0 Å². The van der Waals surface area contributed by atoms with Gasteiger partial charge in [-0.1, -0.05) is 71.8 Å². The van der Waals surface area contributed by atoms with E-state index in [0.717, 1.165) is 12.5 Å². The maximum absolute atomic E-state index is 5.37. The van der Waals surface area contributed by atoms with Gasteiger partial charge in [0.15, 0.2) is 0 Å². The molecule has 0 spiro atoms. The van der Waals surface area contributed by atoms with Crippen LogP contribution in [0.4, 0.5) is 0 Å². The van der Waals surface area contributed by atoms with Crippen LogP contribution in [-0.2, 0) is 4.74 Å². The molecule has 0 rings (SSSR count). The van der Waals surface area contributed by atoms with Crippen LogP contribution < -0.4 is 0 Å². The minimum Gasteiger partial charge on any atom is -0.502 e. The molecule has 0 fully saturated rings. The summed E-state index contributed by atoms with van der Waals surface area (Å²) in [6.45, 7) is 9.04. The van der Waals surface area contributed by atoms with Crippen molar-refractivity contribution in [3.05, 3.63) is 12.8 Å². The number of unbranched alkanes of at least 4 members (excludes halogenated alkanes) is 6. The molecule has 0 saturated carbocycles. The molecule has 0 aromatic carbocycles. The molecule has 0 aliphatic rings. The van der Waals surface area contributed by atoms with E-state index in [2.05, 4.69) is 20.4 Å². The second-order valence-electron chi connectivity index (χ2n) is 5.06. The topological polar surface area (TPSA) is 9.23 Å². The zero-order chi connectivity index (χ0) is 12.8. The predicted molar refractivity (Wildman–Crippen MR) is 77.2 cm³/mol. The molecule has 0 N–H and O–H groups in total. The predicted octanol–water partition coefficient (Wildman–Crippen LogP) is 5.70. The average molecular weight is 240 g/mol. The summed E-state index contributed by atoms with van der Waals surface area (Å²) in [4.78, 5) is 0. The fourth-order valence-electron chi connectivity index (χ4n) is 2.23. The van der Waals surface area contributed by atoms with Crippen molar-refractivity contribution < 1.29 is 4.74 Å². The van der Waals surface area contributed by atoms with Crippen molar-refractivity contribution in [1.82, 2.24) is 0 Å². The Morgan fingerprint density at radius 2 is 1.41 bits per heavy atom. The van der Waals surface area contributed by atoms with E-state index in [1.54, 1.807) is 6.26 Å². The Hall–Kier alpha value is -0.460. The van der Waals surface area contributed by atoms with Crippen LogP contribution in [0.3, 0.4) is 0 Å². The van der Waals surface area contributed by atoms with Gasteiger partial charge in [-0.15, -0.1) is 0 Å². The fraction of sp³-hybridized carbons (Fsp3) is 0.875. The van der Waals surface area contributed by atoms with Crippen molar-refractivity contribution in [3.8, 4) is 0 Å². The van der Waals surface area contributed by atoms with Crippen LogP contribution in [0, 0.1) is 5.92 Å². The summed E-state index contributed by atoms with van der Waals surface area (Å²) in [6, 6.07) is 0. The van der Waals surface area contributed by atoms with Crippen molar-refractivity contribution in [2.24, 2.45) is 5.92 Å². The number of hydrogen-bond donors (Lipinski definition) is 0. The highest BCUT2D eigenvalue weighted by atomic mass is 16.5. The lowest BCUT2D eigenvalue weighted by atomic mass is 9.95. The van der Waals surface area contributed by atoms with Crippen molar-refractivity contribution in [3.63, 3.8) is 0 Å². The summed E-state index contributed by atoms with van der Waals surface area (Å²) in [5.41, 5.74) is 0. The van der Waals surface area contributed by atoms with Crippen molar-refractivity contribution >= 4 is 0 Å². The minimum atomic E-state index is 0.751. The Labute approximate surface area is 109 Å². The first-order valence-electron chi connectivity index (χ1n) is 7.57. The third kappa shape index (κ3) is 11.8. The molecule has 0 saturated heterocycles. The van der Waals surface area contributed by atoms with Crippen molar-refractivity contribution in [2.75, 3.05) is 6.61 Å². The van der Waals surface area contributed by atoms with Crippen molar-refractivity contribution in [1.29, 1.82) is 0 Å². The Morgan fingerprint density at radius 3 is 2.00 bits per heavy atom. The van der Waals surface area contributed by atoms with E-state index in [9.17, 15) is 0 Å². The molecule has 0 heterocycles. The third-order valence-corrected chi connectivity index (χ3v) is 3.38. The Balaban J connectivity index is 3.56. The smallest absolute Gasteiger partial charge is 0.0901 e. The van der Waals surface area contributed by atoms with E-state index in [-0.39, 0.29) is 0 Å². The number of hydrogen-bond acceptors (Lipinski definition) is 1. The molecule has 0 aromatic heterocycles. The monoisotopic (exact) mass is 240 g/mol. The van der Waals surface area contributed by atoms with Crippen LogP contribution in [0.2, 0.25) is 0 Å². The van der Waals surface area contributed by atoms with E-state index in [4.69, 9.17) is 4.74 Å². The van der Waals surface area contributed by atoms with Crippen LogP contribution in [-0.4, -0.2) is 6.61 Å². The lowest BCUT2D eigenvalue weighted by molar-refractivity contribution is 0.178. The highest BCUT2D eigenvalue weighted by Gasteiger charge is 2.08. The molecule has 102 valence electrons. The molecule has 1 atom stereocenters. The maximum Gasteiger partial charge on any atom is 0.0901 e. The van der Waals surface area contributed by atoms with Gasteiger partial charge in [0.2, 0.25) is 0 Å². The Kier molecular flexibility index (Phi) is 13.2. The van der Waals surface area contributed by atoms with Gasteiger partial charge in [0.1, 0.15) is 0 Å². The molecular weight excluding hydrogens is 208 g/mol. The lowest BCUT2D eigenvalue weighted by Gasteiger charge is -2.16. The summed E-state index contributed by atoms with van der Waals surface area (Å²) >= 11 is 0. The van der Waals surface area contributed by atoms with Gasteiger partial charge in [0.05, 0.1) is 12.9 Å². The Bertz CT molecular complexity index is 154. The molecule has 0 amide bonds. The van der Waals surface area contributed by atoms with Gasteiger partial charge in [-0.05, 0) is 18.8 Å². The fourth-order valence-corrected chi connectivity index (χ4v) is 2.23. The summed E-state index contributed by atoms with van der Waals surface area (Å²) in [5, 5.41) is 0. The molecule has 0 aliphatic heterocycles. The van der Waals surface area contributed by atoms with E-state index >= 15 is 0 Å². The van der Waals surface area contributed by atoms with Gasteiger partial charge in [-0.25, -0.2) is 0 Å². The normalized spacial score (nSPS) is 12.4. The van der Waals surface area contributed by atoms with Crippen LogP contribution in [0.1, 0.15) is 78.1 Å². The van der Waals surface area contributed by atoms with Gasteiger partial charge in [-0.3, -0.25) is 0 Å². The van der Waals surface area contributed by atoms with Crippen LogP contribution in [0.15, 0.2) is 12.8 Å². The Morgan fingerprint density at radius 1 is 0.882 bits per heavy atom. The van der Waals surface area contributed by atoms with Crippen LogP contribution in [0.5, 0.6) is 0 Å². The molecule has 1 heteroatoms. The first-order valence-corrected chi connectivity index (χ1v) is 7.57. The minimum absolute atomic E-state index is 0.751. The van der Waals surface area contributed by atoms with E-state index in [1.165, 1.54) is 64.2 Å². The first kappa shape index (κ1) is 16.5. The summed E-state index contributed by atoms with van der Waals surface area (Å²) < 4.78 is 5.37. The maximum atomic E-state index is 5.37. The van der Waals surface area contributed by atoms with Gasteiger partial charge in [-0.2, -0.15) is 0 Å². The standard InChI is InChI=1S/C16H32O/c1-4-7-9-10-12-14-16(15-17-6-3)13-11-8-5-2/h6,16H,3-5,7-15H2,1-2H3. The third-order valence-electron chi connectivity index (χ3n) is 3.38. The molecule has 1 unspecified atom stereocenters. The summed E-state index contributed by atoms with van der Waals surface area (Å²) in [5.74, 6) is 0.751. The summed E-state index contributed by atoms with van der Waals surface area (Å²) in [6.07, 6.45) is 15.2. The van der Waals surface area contributed by atoms with E-state index < -0.39 is 0 Å². The van der Waals surface area contributed by atoms with Gasteiger partial charge in [0, 0.05) is 0 Å². The van der Waals surface area contributed by atoms with Gasteiger partial charge < -0.3 is 4.74 Å². The second-order valence-corrected chi connectivity index (χ2v) is 5.06. The van der Waals surface area contributed by atoms with Gasteiger partial charge >= 0.3 is 0 Å².